The van der Waals surface area contributed by atoms with Crippen LogP contribution in [0.25, 0.3) is 0 Å². The molecule has 7 nitrogen and oxygen atoms in total. The van der Waals surface area contributed by atoms with Crippen LogP contribution >= 0.6 is 0 Å². The first-order chi connectivity index (χ1) is 19.4. The van der Waals surface area contributed by atoms with Gasteiger partial charge in [-0.1, -0.05) is 42.5 Å². The summed E-state index contributed by atoms with van der Waals surface area (Å²) in [6, 6.07) is 25.5. The van der Waals surface area contributed by atoms with Gasteiger partial charge in [0.25, 0.3) is 11.8 Å². The van der Waals surface area contributed by atoms with Crippen LogP contribution in [0.15, 0.2) is 94.7 Å². The second kappa shape index (κ2) is 11.8. The van der Waals surface area contributed by atoms with Gasteiger partial charge in [-0.2, -0.15) is 0 Å². The van der Waals surface area contributed by atoms with Gasteiger partial charge in [-0.3, -0.25) is 9.59 Å². The molecule has 2 amide bonds. The summed E-state index contributed by atoms with van der Waals surface area (Å²) in [6.07, 6.45) is 0.592. The summed E-state index contributed by atoms with van der Waals surface area (Å²) >= 11 is 0. The highest BCUT2D eigenvalue weighted by atomic mass is 32.2. The van der Waals surface area contributed by atoms with Crippen molar-refractivity contribution in [2.24, 2.45) is 0 Å². The zero-order chi connectivity index (χ0) is 28.2. The molecule has 5 rings (SSSR count). The molecule has 0 radical (unpaired) electrons. The first kappa shape index (κ1) is 27.1. The Morgan fingerprint density at radius 3 is 2.40 bits per heavy atom. The van der Waals surface area contributed by atoms with Crippen LogP contribution in [0.4, 0.5) is 5.69 Å². The smallest absolute Gasteiger partial charge is 0.259 e. The zero-order valence-corrected chi connectivity index (χ0v) is 23.4. The van der Waals surface area contributed by atoms with Crippen LogP contribution < -0.4 is 19.7 Å². The monoisotopic (exact) mass is 554 g/mol. The Bertz CT molecular complexity index is 1620. The van der Waals surface area contributed by atoms with Crippen molar-refractivity contribution in [1.29, 1.82) is 0 Å². The fraction of sp³-hybridized carbons (Fsp3) is 0.188. The lowest BCUT2D eigenvalue weighted by atomic mass is 10.1. The van der Waals surface area contributed by atoms with Gasteiger partial charge in [-0.05, 0) is 72.5 Å². The van der Waals surface area contributed by atoms with E-state index in [-0.39, 0.29) is 18.4 Å². The summed E-state index contributed by atoms with van der Waals surface area (Å²) in [5.41, 5.74) is 4.25. The SMILES string of the molecule is COc1ccc(CCNC(=O)c2ccc3c(c2)N(Cc2ccccc2C)C(=O)c2ccccc2[S@]3=O)cc1OC. The minimum Gasteiger partial charge on any atom is -0.493 e. The summed E-state index contributed by atoms with van der Waals surface area (Å²) in [7, 11) is 1.58. The molecule has 0 aromatic heterocycles. The Morgan fingerprint density at radius 2 is 1.62 bits per heavy atom. The maximum Gasteiger partial charge on any atom is 0.259 e. The van der Waals surface area contributed by atoms with Gasteiger partial charge >= 0.3 is 0 Å². The highest BCUT2D eigenvalue weighted by Crippen LogP contribution is 2.36. The molecule has 0 fully saturated rings. The Morgan fingerprint density at radius 1 is 0.875 bits per heavy atom. The number of aryl methyl sites for hydroxylation is 1. The standard InChI is InChI=1S/C32H30N2O5S/c1-21-8-4-5-9-24(21)20-34-26-19-23(13-15-30(26)40(37)29-11-7-6-10-25(29)32(34)36)31(35)33-17-16-22-12-14-27(38-2)28(18-22)39-3/h4-15,18-19H,16-17,20H2,1-3H3,(H,33,35)/t40-/m1/s1. The third-order valence-electron chi connectivity index (χ3n) is 7.01. The second-order valence-corrected chi connectivity index (χ2v) is 10.9. The Hall–Kier alpha value is -4.43. The quantitative estimate of drug-likeness (QED) is 0.319. The van der Waals surface area contributed by atoms with Crippen molar-refractivity contribution >= 4 is 28.3 Å². The van der Waals surface area contributed by atoms with Gasteiger partial charge < -0.3 is 19.7 Å². The minimum absolute atomic E-state index is 0.253. The Labute approximate surface area is 236 Å². The van der Waals surface area contributed by atoms with Gasteiger partial charge in [0.1, 0.15) is 0 Å². The predicted molar refractivity (Wildman–Crippen MR) is 155 cm³/mol. The van der Waals surface area contributed by atoms with Crippen LogP contribution in [-0.4, -0.2) is 36.8 Å². The molecule has 4 aromatic rings. The highest BCUT2D eigenvalue weighted by molar-refractivity contribution is 7.85. The first-order valence-electron chi connectivity index (χ1n) is 12.9. The maximum atomic E-state index is 13.8. The molecule has 8 heteroatoms. The number of rotatable bonds is 8. The van der Waals surface area contributed by atoms with Crippen molar-refractivity contribution in [3.8, 4) is 11.5 Å². The van der Waals surface area contributed by atoms with Crippen molar-refractivity contribution in [1.82, 2.24) is 5.32 Å². The van der Waals surface area contributed by atoms with Crippen LogP contribution in [-0.2, 0) is 23.8 Å². The number of ether oxygens (including phenoxy) is 2. The molecular weight excluding hydrogens is 524 g/mol. The van der Waals surface area contributed by atoms with E-state index in [1.807, 2.05) is 49.4 Å². The van der Waals surface area contributed by atoms with E-state index in [0.717, 1.165) is 16.7 Å². The van der Waals surface area contributed by atoms with Crippen LogP contribution in [0.5, 0.6) is 11.5 Å². The van der Waals surface area contributed by atoms with Crippen molar-refractivity contribution < 1.29 is 23.3 Å². The number of carbonyl (C=O) groups is 2. The van der Waals surface area contributed by atoms with Gasteiger partial charge in [-0.15, -0.1) is 0 Å². The summed E-state index contributed by atoms with van der Waals surface area (Å²) in [5, 5.41) is 2.96. The molecule has 4 aromatic carbocycles. The number of methoxy groups -OCH3 is 2. The van der Waals surface area contributed by atoms with E-state index in [1.165, 1.54) is 0 Å². The Kier molecular flexibility index (Phi) is 7.98. The van der Waals surface area contributed by atoms with E-state index in [9.17, 15) is 13.8 Å². The summed E-state index contributed by atoms with van der Waals surface area (Å²) in [6.45, 7) is 2.68. The van der Waals surface area contributed by atoms with E-state index in [0.29, 0.717) is 51.1 Å². The minimum atomic E-state index is -1.59. The largest absolute Gasteiger partial charge is 0.493 e. The molecule has 0 aliphatic carbocycles. The highest BCUT2D eigenvalue weighted by Gasteiger charge is 2.31. The molecule has 1 aliphatic rings. The third-order valence-corrected chi connectivity index (χ3v) is 8.51. The van der Waals surface area contributed by atoms with Crippen LogP contribution in [0.1, 0.15) is 37.4 Å². The van der Waals surface area contributed by atoms with Crippen LogP contribution in [0.2, 0.25) is 0 Å². The van der Waals surface area contributed by atoms with Gasteiger partial charge in [0.05, 0.1) is 52.6 Å². The Balaban J connectivity index is 1.43. The molecule has 1 heterocycles. The summed E-state index contributed by atoms with van der Waals surface area (Å²) < 4.78 is 24.3. The van der Waals surface area contributed by atoms with E-state index in [4.69, 9.17) is 9.47 Å². The maximum absolute atomic E-state index is 13.8. The number of benzene rings is 4. The number of carbonyl (C=O) groups excluding carboxylic acids is 2. The molecule has 0 saturated carbocycles. The van der Waals surface area contributed by atoms with Crippen molar-refractivity contribution in [3.05, 3.63) is 113 Å². The molecule has 40 heavy (non-hydrogen) atoms. The van der Waals surface area contributed by atoms with Gasteiger partial charge in [0, 0.05) is 12.1 Å². The fourth-order valence-electron chi connectivity index (χ4n) is 4.78. The van der Waals surface area contributed by atoms with Crippen molar-refractivity contribution in [2.75, 3.05) is 25.7 Å². The number of fused-ring (bicyclic) bond motifs is 2. The lowest BCUT2D eigenvalue weighted by Crippen LogP contribution is -2.31. The average Bonchev–Trinajstić information content (AvgIpc) is 3.07. The molecule has 1 N–H and O–H groups in total. The second-order valence-electron chi connectivity index (χ2n) is 9.46. The molecule has 0 bridgehead atoms. The molecule has 1 atom stereocenters. The summed E-state index contributed by atoms with van der Waals surface area (Å²) in [5.74, 6) is 0.741. The number of anilines is 1. The average molecular weight is 555 g/mol. The third kappa shape index (κ3) is 5.35. The van der Waals surface area contributed by atoms with E-state index < -0.39 is 10.8 Å². The van der Waals surface area contributed by atoms with Gasteiger partial charge in [-0.25, -0.2) is 4.21 Å². The van der Waals surface area contributed by atoms with Gasteiger partial charge in [0.2, 0.25) is 0 Å². The number of amides is 2. The van der Waals surface area contributed by atoms with E-state index in [2.05, 4.69) is 5.32 Å². The molecule has 0 spiro atoms. The fourth-order valence-corrected chi connectivity index (χ4v) is 6.12. The van der Waals surface area contributed by atoms with Gasteiger partial charge in [0.15, 0.2) is 11.5 Å². The molecular formula is C32H30N2O5S. The lowest BCUT2D eigenvalue weighted by Gasteiger charge is -2.24. The molecule has 0 saturated heterocycles. The topological polar surface area (TPSA) is 84.9 Å². The molecule has 0 unspecified atom stereocenters. The number of nitrogens with zero attached hydrogens (tertiary/aromatic N) is 1. The summed E-state index contributed by atoms with van der Waals surface area (Å²) in [4.78, 5) is 29.6. The molecule has 1 aliphatic heterocycles. The normalized spacial score (nSPS) is 14.1. The molecule has 204 valence electrons. The predicted octanol–water partition coefficient (Wildman–Crippen LogP) is 5.31. The first-order valence-corrected chi connectivity index (χ1v) is 14.1. The van der Waals surface area contributed by atoms with E-state index in [1.54, 1.807) is 61.6 Å². The zero-order valence-electron chi connectivity index (χ0n) is 22.6. The van der Waals surface area contributed by atoms with Crippen LogP contribution in [0, 0.1) is 6.92 Å². The number of nitrogens with one attached hydrogen (secondary N) is 1. The number of hydrogen-bond donors (Lipinski definition) is 1. The van der Waals surface area contributed by atoms with Crippen molar-refractivity contribution in [2.45, 2.75) is 29.7 Å². The van der Waals surface area contributed by atoms with Crippen molar-refractivity contribution in [3.63, 3.8) is 0 Å². The van der Waals surface area contributed by atoms with E-state index >= 15 is 0 Å². The van der Waals surface area contributed by atoms with Crippen LogP contribution in [0.3, 0.4) is 0 Å². The number of hydrogen-bond acceptors (Lipinski definition) is 5. The lowest BCUT2D eigenvalue weighted by molar-refractivity contribution is 0.0950.